The SMILES string of the molecule is COc1cccc(OCCNC(=O)c2ccccc2OCC2CC2)c1. The first-order chi connectivity index (χ1) is 12.3. The van der Waals surface area contributed by atoms with E-state index in [0.29, 0.717) is 42.7 Å². The molecule has 0 spiro atoms. The van der Waals surface area contributed by atoms with E-state index in [1.807, 2.05) is 42.5 Å². The van der Waals surface area contributed by atoms with Gasteiger partial charge >= 0.3 is 0 Å². The molecule has 3 rings (SSSR count). The molecule has 1 aliphatic carbocycles. The summed E-state index contributed by atoms with van der Waals surface area (Å²) < 4.78 is 16.6. The molecule has 0 bridgehead atoms. The van der Waals surface area contributed by atoms with Crippen LogP contribution in [-0.4, -0.2) is 32.8 Å². The van der Waals surface area contributed by atoms with Gasteiger partial charge in [-0.1, -0.05) is 18.2 Å². The Morgan fingerprint density at radius 2 is 1.88 bits per heavy atom. The summed E-state index contributed by atoms with van der Waals surface area (Å²) in [5, 5.41) is 2.87. The molecule has 1 amide bonds. The van der Waals surface area contributed by atoms with Gasteiger partial charge in [-0.15, -0.1) is 0 Å². The molecular formula is C20H23NO4. The molecule has 1 fully saturated rings. The minimum Gasteiger partial charge on any atom is -0.497 e. The second kappa shape index (κ2) is 8.42. The summed E-state index contributed by atoms with van der Waals surface area (Å²) in [6.07, 6.45) is 2.44. The summed E-state index contributed by atoms with van der Waals surface area (Å²) in [4.78, 5) is 12.4. The minimum atomic E-state index is -0.152. The summed E-state index contributed by atoms with van der Waals surface area (Å²) >= 11 is 0. The first-order valence-corrected chi connectivity index (χ1v) is 8.53. The van der Waals surface area contributed by atoms with Crippen LogP contribution in [-0.2, 0) is 0 Å². The molecular weight excluding hydrogens is 318 g/mol. The highest BCUT2D eigenvalue weighted by molar-refractivity contribution is 5.96. The summed E-state index contributed by atoms with van der Waals surface area (Å²) in [6.45, 7) is 1.47. The first-order valence-electron chi connectivity index (χ1n) is 8.53. The summed E-state index contributed by atoms with van der Waals surface area (Å²) in [6, 6.07) is 14.7. The lowest BCUT2D eigenvalue weighted by atomic mass is 10.2. The molecule has 0 heterocycles. The lowest BCUT2D eigenvalue weighted by molar-refractivity contribution is 0.0942. The average molecular weight is 341 g/mol. The predicted molar refractivity (Wildman–Crippen MR) is 95.5 cm³/mol. The fraction of sp³-hybridized carbons (Fsp3) is 0.350. The predicted octanol–water partition coefficient (Wildman–Crippen LogP) is 3.29. The lowest BCUT2D eigenvalue weighted by Crippen LogP contribution is -2.28. The number of amides is 1. The van der Waals surface area contributed by atoms with Crippen LogP contribution in [0.1, 0.15) is 23.2 Å². The van der Waals surface area contributed by atoms with Gasteiger partial charge in [0, 0.05) is 6.07 Å². The van der Waals surface area contributed by atoms with Gasteiger partial charge in [0.1, 0.15) is 23.9 Å². The molecule has 0 unspecified atom stereocenters. The number of ether oxygens (including phenoxy) is 3. The quantitative estimate of drug-likeness (QED) is 0.711. The van der Waals surface area contributed by atoms with Crippen molar-refractivity contribution in [2.24, 2.45) is 5.92 Å². The standard InChI is InChI=1S/C20H23NO4/c1-23-16-5-4-6-17(13-16)24-12-11-21-20(22)18-7-2-3-8-19(18)25-14-15-9-10-15/h2-8,13,15H,9-12,14H2,1H3,(H,21,22). The molecule has 0 aromatic heterocycles. The maximum absolute atomic E-state index is 12.4. The highest BCUT2D eigenvalue weighted by Gasteiger charge is 2.23. The van der Waals surface area contributed by atoms with E-state index in [1.165, 1.54) is 12.8 Å². The van der Waals surface area contributed by atoms with Crippen LogP contribution in [0.15, 0.2) is 48.5 Å². The number of para-hydroxylation sites is 1. The topological polar surface area (TPSA) is 56.8 Å². The summed E-state index contributed by atoms with van der Waals surface area (Å²) in [5.41, 5.74) is 0.560. The fourth-order valence-electron chi connectivity index (χ4n) is 2.39. The molecule has 5 nitrogen and oxygen atoms in total. The van der Waals surface area contributed by atoms with Gasteiger partial charge in [0.15, 0.2) is 0 Å². The van der Waals surface area contributed by atoms with E-state index >= 15 is 0 Å². The van der Waals surface area contributed by atoms with E-state index in [-0.39, 0.29) is 5.91 Å². The first kappa shape index (κ1) is 17.1. The summed E-state index contributed by atoms with van der Waals surface area (Å²) in [5.74, 6) is 2.58. The Balaban J connectivity index is 1.47. The van der Waals surface area contributed by atoms with Gasteiger partial charge in [-0.25, -0.2) is 0 Å². The molecule has 2 aromatic carbocycles. The van der Waals surface area contributed by atoms with Crippen molar-refractivity contribution in [2.45, 2.75) is 12.8 Å². The van der Waals surface area contributed by atoms with Crippen molar-refractivity contribution in [3.8, 4) is 17.2 Å². The van der Waals surface area contributed by atoms with Crippen molar-refractivity contribution >= 4 is 5.91 Å². The van der Waals surface area contributed by atoms with E-state index in [4.69, 9.17) is 14.2 Å². The van der Waals surface area contributed by atoms with Gasteiger partial charge in [0.05, 0.1) is 25.8 Å². The zero-order valence-electron chi connectivity index (χ0n) is 14.4. The highest BCUT2D eigenvalue weighted by Crippen LogP contribution is 2.30. The van der Waals surface area contributed by atoms with Crippen molar-refractivity contribution in [3.05, 3.63) is 54.1 Å². The molecule has 0 atom stereocenters. The minimum absolute atomic E-state index is 0.152. The van der Waals surface area contributed by atoms with Crippen molar-refractivity contribution < 1.29 is 19.0 Å². The summed E-state index contributed by atoms with van der Waals surface area (Å²) in [7, 11) is 1.61. The monoisotopic (exact) mass is 341 g/mol. The van der Waals surface area contributed by atoms with Crippen molar-refractivity contribution in [2.75, 3.05) is 26.9 Å². The van der Waals surface area contributed by atoms with E-state index in [2.05, 4.69) is 5.32 Å². The van der Waals surface area contributed by atoms with Gasteiger partial charge in [0.25, 0.3) is 5.91 Å². The molecule has 1 saturated carbocycles. The normalized spacial score (nSPS) is 13.2. The Hall–Kier alpha value is -2.69. The maximum Gasteiger partial charge on any atom is 0.255 e. The zero-order valence-corrected chi connectivity index (χ0v) is 14.4. The second-order valence-electron chi connectivity index (χ2n) is 6.03. The number of nitrogens with one attached hydrogen (secondary N) is 1. The molecule has 2 aromatic rings. The Bertz CT molecular complexity index is 712. The van der Waals surface area contributed by atoms with E-state index < -0.39 is 0 Å². The van der Waals surface area contributed by atoms with Gasteiger partial charge in [-0.3, -0.25) is 4.79 Å². The average Bonchev–Trinajstić information content (AvgIpc) is 3.48. The van der Waals surface area contributed by atoms with Crippen LogP contribution in [0.5, 0.6) is 17.2 Å². The van der Waals surface area contributed by atoms with Gasteiger partial charge < -0.3 is 19.5 Å². The highest BCUT2D eigenvalue weighted by atomic mass is 16.5. The molecule has 132 valence electrons. The molecule has 25 heavy (non-hydrogen) atoms. The Morgan fingerprint density at radius 3 is 2.68 bits per heavy atom. The Kier molecular flexibility index (Phi) is 5.77. The molecule has 1 N–H and O–H groups in total. The Morgan fingerprint density at radius 1 is 1.08 bits per heavy atom. The van der Waals surface area contributed by atoms with E-state index in [0.717, 1.165) is 5.75 Å². The number of carbonyl (C=O) groups is 1. The fourth-order valence-corrected chi connectivity index (χ4v) is 2.39. The maximum atomic E-state index is 12.4. The third-order valence-electron chi connectivity index (χ3n) is 4.00. The van der Waals surface area contributed by atoms with Crippen LogP contribution in [0.3, 0.4) is 0 Å². The third-order valence-corrected chi connectivity index (χ3v) is 4.00. The molecule has 5 heteroatoms. The number of methoxy groups -OCH3 is 1. The molecule has 0 radical (unpaired) electrons. The van der Waals surface area contributed by atoms with Crippen LogP contribution in [0.2, 0.25) is 0 Å². The van der Waals surface area contributed by atoms with Crippen molar-refractivity contribution in [1.29, 1.82) is 0 Å². The lowest BCUT2D eigenvalue weighted by Gasteiger charge is -2.12. The third kappa shape index (κ3) is 5.14. The van der Waals surface area contributed by atoms with Crippen LogP contribution < -0.4 is 19.5 Å². The van der Waals surface area contributed by atoms with Crippen LogP contribution in [0.25, 0.3) is 0 Å². The second-order valence-corrected chi connectivity index (χ2v) is 6.03. The van der Waals surface area contributed by atoms with Crippen LogP contribution >= 0.6 is 0 Å². The molecule has 1 aliphatic rings. The van der Waals surface area contributed by atoms with Crippen molar-refractivity contribution in [1.82, 2.24) is 5.32 Å². The number of hydrogen-bond acceptors (Lipinski definition) is 4. The van der Waals surface area contributed by atoms with Gasteiger partial charge in [0.2, 0.25) is 0 Å². The zero-order chi connectivity index (χ0) is 17.5. The number of carbonyl (C=O) groups excluding carboxylic acids is 1. The van der Waals surface area contributed by atoms with Gasteiger partial charge in [-0.05, 0) is 43.0 Å². The smallest absolute Gasteiger partial charge is 0.255 e. The van der Waals surface area contributed by atoms with E-state index in [1.54, 1.807) is 13.2 Å². The van der Waals surface area contributed by atoms with Crippen LogP contribution in [0, 0.1) is 5.92 Å². The number of rotatable bonds is 9. The van der Waals surface area contributed by atoms with E-state index in [9.17, 15) is 4.79 Å². The Labute approximate surface area is 147 Å². The largest absolute Gasteiger partial charge is 0.497 e. The van der Waals surface area contributed by atoms with Crippen molar-refractivity contribution in [3.63, 3.8) is 0 Å². The molecule has 0 aliphatic heterocycles. The van der Waals surface area contributed by atoms with Gasteiger partial charge in [-0.2, -0.15) is 0 Å². The molecule has 0 saturated heterocycles. The number of hydrogen-bond donors (Lipinski definition) is 1. The number of benzene rings is 2. The van der Waals surface area contributed by atoms with Crippen LogP contribution in [0.4, 0.5) is 0 Å².